The van der Waals surface area contributed by atoms with Crippen molar-refractivity contribution in [3.8, 4) is 5.75 Å². The van der Waals surface area contributed by atoms with E-state index in [1.807, 2.05) is 25.1 Å². The van der Waals surface area contributed by atoms with Gasteiger partial charge in [-0.3, -0.25) is 4.79 Å². The number of para-hydroxylation sites is 1. The van der Waals surface area contributed by atoms with Gasteiger partial charge in [0.2, 0.25) is 5.91 Å². The lowest BCUT2D eigenvalue weighted by atomic mass is 10.1. The summed E-state index contributed by atoms with van der Waals surface area (Å²) >= 11 is 0. The van der Waals surface area contributed by atoms with Crippen molar-refractivity contribution in [1.29, 1.82) is 0 Å². The van der Waals surface area contributed by atoms with Crippen molar-refractivity contribution >= 4 is 35.8 Å². The average Bonchev–Trinajstić information content (AvgIpc) is 2.95. The molecule has 1 aromatic rings. The van der Waals surface area contributed by atoms with Crippen LogP contribution in [-0.2, 0) is 11.2 Å². The Hall–Kier alpha value is -1.51. The molecule has 134 valence electrons. The average molecular weight is 446 g/mol. The van der Waals surface area contributed by atoms with E-state index in [0.717, 1.165) is 24.7 Å². The molecule has 1 atom stereocenters. The number of amides is 1. The molecular weight excluding hydrogens is 419 g/mol. The fraction of sp³-hybridized carbons (Fsp3) is 0.529. The Labute approximate surface area is 161 Å². The highest BCUT2D eigenvalue weighted by molar-refractivity contribution is 14.0. The fourth-order valence-electron chi connectivity index (χ4n) is 2.40. The van der Waals surface area contributed by atoms with Crippen LogP contribution in [0.3, 0.4) is 0 Å². The first-order valence-corrected chi connectivity index (χ1v) is 8.07. The fourth-order valence-corrected chi connectivity index (χ4v) is 2.40. The largest absolute Gasteiger partial charge is 0.488 e. The molecule has 0 saturated heterocycles. The second-order valence-electron chi connectivity index (χ2n) is 5.74. The first-order valence-electron chi connectivity index (χ1n) is 8.07. The maximum Gasteiger partial charge on any atom is 0.223 e. The number of nitrogens with one attached hydrogen (secondary N) is 2. The number of hydrogen-bond donors (Lipinski definition) is 2. The third-order valence-electron chi connectivity index (χ3n) is 3.64. The van der Waals surface area contributed by atoms with E-state index < -0.39 is 0 Å². The minimum atomic E-state index is 0. The van der Waals surface area contributed by atoms with E-state index in [1.54, 1.807) is 19.0 Å². The number of guanidine groups is 1. The number of carbonyl (C=O) groups excluding carboxylic acids is 1. The van der Waals surface area contributed by atoms with E-state index in [2.05, 4.69) is 21.7 Å². The quantitative estimate of drug-likeness (QED) is 0.396. The zero-order chi connectivity index (χ0) is 16.7. The van der Waals surface area contributed by atoms with Crippen LogP contribution in [0.25, 0.3) is 0 Å². The summed E-state index contributed by atoms with van der Waals surface area (Å²) < 4.78 is 5.89. The van der Waals surface area contributed by atoms with Gasteiger partial charge in [-0.05, 0) is 18.6 Å². The van der Waals surface area contributed by atoms with E-state index >= 15 is 0 Å². The Morgan fingerprint density at radius 1 is 1.33 bits per heavy atom. The second kappa shape index (κ2) is 10.4. The number of halogens is 1. The van der Waals surface area contributed by atoms with Crippen molar-refractivity contribution < 1.29 is 9.53 Å². The predicted molar refractivity (Wildman–Crippen MR) is 107 cm³/mol. The summed E-state index contributed by atoms with van der Waals surface area (Å²) in [5.41, 5.74) is 1.24. The van der Waals surface area contributed by atoms with Gasteiger partial charge in [-0.15, -0.1) is 24.0 Å². The standard InChI is InChI=1S/C17H26N4O2.HI/c1-4-18-17(19-10-9-16(22)21(2)3)20-12-14-11-13-7-5-6-8-15(13)23-14;/h5-8,14H,4,9-12H2,1-3H3,(H2,18,19,20);1H. The van der Waals surface area contributed by atoms with Crippen LogP contribution in [0.15, 0.2) is 29.3 Å². The molecule has 0 spiro atoms. The maximum absolute atomic E-state index is 11.6. The monoisotopic (exact) mass is 446 g/mol. The summed E-state index contributed by atoms with van der Waals surface area (Å²) in [4.78, 5) is 17.7. The normalized spacial score (nSPS) is 15.8. The Morgan fingerprint density at radius 3 is 2.75 bits per heavy atom. The topological polar surface area (TPSA) is 66.0 Å². The second-order valence-corrected chi connectivity index (χ2v) is 5.74. The molecule has 1 aliphatic rings. The number of benzene rings is 1. The third kappa shape index (κ3) is 6.18. The van der Waals surface area contributed by atoms with Gasteiger partial charge in [0.25, 0.3) is 0 Å². The molecule has 0 bridgehead atoms. The van der Waals surface area contributed by atoms with Crippen LogP contribution in [0.1, 0.15) is 18.9 Å². The van der Waals surface area contributed by atoms with Crippen molar-refractivity contribution in [3.05, 3.63) is 29.8 Å². The number of ether oxygens (including phenoxy) is 1. The molecule has 1 unspecified atom stereocenters. The number of fused-ring (bicyclic) bond motifs is 1. The van der Waals surface area contributed by atoms with Crippen LogP contribution in [0.5, 0.6) is 5.75 Å². The number of carbonyl (C=O) groups is 1. The van der Waals surface area contributed by atoms with E-state index in [9.17, 15) is 4.79 Å². The summed E-state index contributed by atoms with van der Waals surface area (Å²) in [7, 11) is 3.52. The van der Waals surface area contributed by atoms with E-state index in [0.29, 0.717) is 19.5 Å². The predicted octanol–water partition coefficient (Wildman–Crippen LogP) is 1.64. The van der Waals surface area contributed by atoms with Crippen LogP contribution >= 0.6 is 24.0 Å². The Morgan fingerprint density at radius 2 is 2.08 bits per heavy atom. The van der Waals surface area contributed by atoms with Gasteiger partial charge < -0.3 is 20.3 Å². The van der Waals surface area contributed by atoms with Crippen LogP contribution in [0.2, 0.25) is 0 Å². The van der Waals surface area contributed by atoms with Gasteiger partial charge in [-0.2, -0.15) is 0 Å². The Balaban J connectivity index is 0.00000288. The van der Waals surface area contributed by atoms with Gasteiger partial charge in [-0.1, -0.05) is 18.2 Å². The van der Waals surface area contributed by atoms with Gasteiger partial charge >= 0.3 is 0 Å². The maximum atomic E-state index is 11.6. The van der Waals surface area contributed by atoms with Crippen LogP contribution in [-0.4, -0.2) is 56.6 Å². The van der Waals surface area contributed by atoms with Crippen LogP contribution in [0.4, 0.5) is 0 Å². The zero-order valence-corrected chi connectivity index (χ0v) is 16.9. The molecule has 7 heteroatoms. The summed E-state index contributed by atoms with van der Waals surface area (Å²) in [5.74, 6) is 1.78. The van der Waals surface area contributed by atoms with Crippen LogP contribution < -0.4 is 15.4 Å². The van der Waals surface area contributed by atoms with Crippen LogP contribution in [0, 0.1) is 0 Å². The van der Waals surface area contributed by atoms with Crippen molar-refractivity contribution in [3.63, 3.8) is 0 Å². The molecule has 6 nitrogen and oxygen atoms in total. The minimum absolute atomic E-state index is 0. The molecule has 0 aliphatic carbocycles. The lowest BCUT2D eigenvalue weighted by Crippen LogP contribution is -2.40. The lowest BCUT2D eigenvalue weighted by Gasteiger charge is -2.14. The molecule has 1 aliphatic heterocycles. The summed E-state index contributed by atoms with van der Waals surface area (Å²) in [5, 5.41) is 6.38. The number of aliphatic imine (C=N–C) groups is 1. The summed E-state index contributed by atoms with van der Waals surface area (Å²) in [6.07, 6.45) is 1.41. The van der Waals surface area contributed by atoms with Gasteiger partial charge in [-0.25, -0.2) is 4.99 Å². The highest BCUT2D eigenvalue weighted by Gasteiger charge is 2.21. The first kappa shape index (κ1) is 20.5. The van der Waals surface area contributed by atoms with Crippen molar-refractivity contribution in [1.82, 2.24) is 15.5 Å². The number of hydrogen-bond acceptors (Lipinski definition) is 3. The first-order chi connectivity index (χ1) is 11.1. The van der Waals surface area contributed by atoms with E-state index in [4.69, 9.17) is 4.74 Å². The highest BCUT2D eigenvalue weighted by Crippen LogP contribution is 2.28. The number of nitrogens with zero attached hydrogens (tertiary/aromatic N) is 2. The molecule has 1 aromatic carbocycles. The van der Waals surface area contributed by atoms with Crippen molar-refractivity contribution in [2.24, 2.45) is 4.99 Å². The van der Waals surface area contributed by atoms with E-state index in [-0.39, 0.29) is 36.0 Å². The highest BCUT2D eigenvalue weighted by atomic mass is 127. The Kier molecular flexibility index (Phi) is 8.88. The molecular formula is C17H27IN4O2. The summed E-state index contributed by atoms with van der Waals surface area (Å²) in [6.45, 7) is 3.95. The molecule has 1 heterocycles. The molecule has 1 amide bonds. The third-order valence-corrected chi connectivity index (χ3v) is 3.64. The van der Waals surface area contributed by atoms with Gasteiger partial charge in [0.1, 0.15) is 11.9 Å². The van der Waals surface area contributed by atoms with Gasteiger partial charge in [0, 0.05) is 40.0 Å². The zero-order valence-electron chi connectivity index (χ0n) is 14.5. The Bertz CT molecular complexity index is 538. The van der Waals surface area contributed by atoms with Crippen molar-refractivity contribution in [2.45, 2.75) is 25.9 Å². The molecule has 2 N–H and O–H groups in total. The molecule has 0 aromatic heterocycles. The SMILES string of the molecule is CCNC(=NCC1Cc2ccccc2O1)NCCC(=O)N(C)C.I. The molecule has 0 saturated carbocycles. The molecule has 0 radical (unpaired) electrons. The van der Waals surface area contributed by atoms with Gasteiger partial charge in [0.15, 0.2) is 5.96 Å². The molecule has 0 fully saturated rings. The van der Waals surface area contributed by atoms with Gasteiger partial charge in [0.05, 0.1) is 6.54 Å². The smallest absolute Gasteiger partial charge is 0.223 e. The number of rotatable bonds is 6. The minimum Gasteiger partial charge on any atom is -0.488 e. The van der Waals surface area contributed by atoms with E-state index in [1.165, 1.54) is 5.56 Å². The lowest BCUT2D eigenvalue weighted by molar-refractivity contribution is -0.128. The molecule has 24 heavy (non-hydrogen) atoms. The molecule has 2 rings (SSSR count). The van der Waals surface area contributed by atoms with Crippen molar-refractivity contribution in [2.75, 3.05) is 33.7 Å². The summed E-state index contributed by atoms with van der Waals surface area (Å²) in [6, 6.07) is 8.10.